The molecule has 0 radical (unpaired) electrons. The number of aromatic nitrogens is 5. The standard InChI is InChI=1S/C24H28N6O/c31-18-8-10-29(11-9-18)22-13-20-24(26-14-25-20)23(28-22)16-6-7-21-19(12-16)27-15-30(21)17-4-2-1-3-5-17/h6-7,12-15,17-18,31H,1-5,8-11H2,(H,25,26). The summed E-state index contributed by atoms with van der Waals surface area (Å²) in [6.45, 7) is 1.64. The maximum atomic E-state index is 9.87. The molecule has 3 aromatic heterocycles. The normalized spacial score (nSPS) is 18.9. The monoisotopic (exact) mass is 416 g/mol. The molecule has 7 heteroatoms. The van der Waals surface area contributed by atoms with E-state index in [1.54, 1.807) is 6.33 Å². The molecule has 1 aliphatic heterocycles. The van der Waals surface area contributed by atoms with Crippen molar-refractivity contribution < 1.29 is 5.11 Å². The SMILES string of the molecule is OC1CCN(c2cc3[nH]cnc3c(-c3ccc4c(c3)ncn4C3CCCCC3)n2)CC1. The molecule has 1 saturated heterocycles. The van der Waals surface area contributed by atoms with E-state index in [0.29, 0.717) is 6.04 Å². The van der Waals surface area contributed by atoms with Gasteiger partial charge in [0.1, 0.15) is 17.0 Å². The molecule has 160 valence electrons. The number of pyridine rings is 1. The van der Waals surface area contributed by atoms with Crippen LogP contribution in [0.25, 0.3) is 33.3 Å². The lowest BCUT2D eigenvalue weighted by atomic mass is 9.95. The maximum absolute atomic E-state index is 9.87. The van der Waals surface area contributed by atoms with E-state index in [9.17, 15) is 5.11 Å². The highest BCUT2D eigenvalue weighted by Crippen LogP contribution is 2.34. The summed E-state index contributed by atoms with van der Waals surface area (Å²) < 4.78 is 2.37. The van der Waals surface area contributed by atoms with Crippen molar-refractivity contribution in [1.29, 1.82) is 0 Å². The number of anilines is 1. The Balaban J connectivity index is 1.40. The molecule has 0 unspecified atom stereocenters. The van der Waals surface area contributed by atoms with Gasteiger partial charge in [-0.15, -0.1) is 0 Å². The van der Waals surface area contributed by atoms with Crippen molar-refractivity contribution in [2.45, 2.75) is 57.1 Å². The van der Waals surface area contributed by atoms with Crippen LogP contribution in [0.5, 0.6) is 0 Å². The minimum Gasteiger partial charge on any atom is -0.393 e. The van der Waals surface area contributed by atoms with Gasteiger partial charge in [-0.25, -0.2) is 15.0 Å². The van der Waals surface area contributed by atoms with Gasteiger partial charge in [0.05, 0.1) is 35.3 Å². The summed E-state index contributed by atoms with van der Waals surface area (Å²) in [7, 11) is 0. The highest BCUT2D eigenvalue weighted by atomic mass is 16.3. The van der Waals surface area contributed by atoms with Crippen LogP contribution < -0.4 is 4.90 Å². The van der Waals surface area contributed by atoms with Crippen LogP contribution in [-0.2, 0) is 0 Å². The number of piperidine rings is 1. The van der Waals surface area contributed by atoms with Crippen LogP contribution in [0.3, 0.4) is 0 Å². The Morgan fingerprint density at radius 2 is 1.81 bits per heavy atom. The van der Waals surface area contributed by atoms with Crippen LogP contribution in [0.1, 0.15) is 51.0 Å². The zero-order valence-corrected chi connectivity index (χ0v) is 17.7. The molecule has 2 N–H and O–H groups in total. The van der Waals surface area contributed by atoms with E-state index in [-0.39, 0.29) is 6.10 Å². The van der Waals surface area contributed by atoms with Gasteiger partial charge >= 0.3 is 0 Å². The summed E-state index contributed by atoms with van der Waals surface area (Å²) in [6, 6.07) is 9.13. The number of nitrogens with one attached hydrogen (secondary N) is 1. The van der Waals surface area contributed by atoms with Gasteiger partial charge in [0.25, 0.3) is 0 Å². The number of aliphatic hydroxyl groups is 1. The zero-order valence-electron chi connectivity index (χ0n) is 17.7. The number of H-pyrrole nitrogens is 1. The van der Waals surface area contributed by atoms with E-state index in [4.69, 9.17) is 9.97 Å². The lowest BCUT2D eigenvalue weighted by Gasteiger charge is -2.30. The number of hydrogen-bond donors (Lipinski definition) is 2. The average Bonchev–Trinajstić information content (AvgIpc) is 3.46. The molecular formula is C24H28N6O. The van der Waals surface area contributed by atoms with Gasteiger partial charge < -0.3 is 19.6 Å². The summed E-state index contributed by atoms with van der Waals surface area (Å²) in [6.07, 6.45) is 11.6. The Kier molecular flexibility index (Phi) is 4.64. The van der Waals surface area contributed by atoms with Crippen molar-refractivity contribution >= 4 is 27.9 Å². The molecule has 31 heavy (non-hydrogen) atoms. The zero-order chi connectivity index (χ0) is 20.8. The van der Waals surface area contributed by atoms with Gasteiger partial charge in [-0.05, 0) is 37.8 Å². The Morgan fingerprint density at radius 1 is 0.968 bits per heavy atom. The first-order chi connectivity index (χ1) is 15.3. The average molecular weight is 417 g/mol. The van der Waals surface area contributed by atoms with Crippen LogP contribution in [0.4, 0.5) is 5.82 Å². The molecule has 4 heterocycles. The van der Waals surface area contributed by atoms with Crippen molar-refractivity contribution in [1.82, 2.24) is 24.5 Å². The van der Waals surface area contributed by atoms with Crippen molar-refractivity contribution in [3.8, 4) is 11.3 Å². The molecular weight excluding hydrogens is 388 g/mol. The Bertz CT molecular complexity index is 1210. The molecule has 0 spiro atoms. The quantitative estimate of drug-likeness (QED) is 0.516. The topological polar surface area (TPSA) is 82.9 Å². The van der Waals surface area contributed by atoms with Gasteiger partial charge in [-0.2, -0.15) is 0 Å². The van der Waals surface area contributed by atoms with E-state index in [1.807, 2.05) is 6.33 Å². The number of aromatic amines is 1. The molecule has 1 aliphatic carbocycles. The molecule has 0 bridgehead atoms. The first-order valence-electron chi connectivity index (χ1n) is 11.5. The van der Waals surface area contributed by atoms with E-state index < -0.39 is 0 Å². The lowest BCUT2D eigenvalue weighted by molar-refractivity contribution is 0.145. The summed E-state index contributed by atoms with van der Waals surface area (Å²) in [4.78, 5) is 19.8. The number of imidazole rings is 2. The minimum absolute atomic E-state index is 0.201. The van der Waals surface area contributed by atoms with Crippen molar-refractivity contribution in [3.05, 3.63) is 36.9 Å². The second-order valence-electron chi connectivity index (χ2n) is 8.99. The molecule has 7 nitrogen and oxygen atoms in total. The first kappa shape index (κ1) is 18.8. The molecule has 1 saturated carbocycles. The van der Waals surface area contributed by atoms with Crippen LogP contribution in [-0.4, -0.2) is 48.8 Å². The third-order valence-corrected chi connectivity index (χ3v) is 7.00. The largest absolute Gasteiger partial charge is 0.393 e. The van der Waals surface area contributed by atoms with Crippen LogP contribution in [0, 0.1) is 0 Å². The molecule has 6 rings (SSSR count). The van der Waals surface area contributed by atoms with Gasteiger partial charge in [-0.3, -0.25) is 0 Å². The predicted octanol–water partition coefficient (Wildman–Crippen LogP) is 4.44. The fourth-order valence-corrected chi connectivity index (χ4v) is 5.22. The molecule has 2 aliphatic rings. The van der Waals surface area contributed by atoms with E-state index in [1.165, 1.54) is 37.6 Å². The number of fused-ring (bicyclic) bond motifs is 2. The number of aliphatic hydroxyl groups excluding tert-OH is 1. The van der Waals surface area contributed by atoms with Crippen molar-refractivity contribution in [2.24, 2.45) is 0 Å². The molecule has 0 amide bonds. The molecule has 4 aromatic rings. The summed E-state index contributed by atoms with van der Waals surface area (Å²) in [5, 5.41) is 9.87. The fourth-order valence-electron chi connectivity index (χ4n) is 5.22. The third-order valence-electron chi connectivity index (χ3n) is 7.00. The van der Waals surface area contributed by atoms with Gasteiger partial charge in [0.2, 0.25) is 0 Å². The van der Waals surface area contributed by atoms with E-state index in [2.05, 4.69) is 43.7 Å². The minimum atomic E-state index is -0.201. The van der Waals surface area contributed by atoms with E-state index >= 15 is 0 Å². The molecule has 0 atom stereocenters. The predicted molar refractivity (Wildman–Crippen MR) is 122 cm³/mol. The smallest absolute Gasteiger partial charge is 0.131 e. The third kappa shape index (κ3) is 3.37. The van der Waals surface area contributed by atoms with Gasteiger partial charge in [0, 0.05) is 30.8 Å². The van der Waals surface area contributed by atoms with E-state index in [0.717, 1.165) is 59.6 Å². The summed E-state index contributed by atoms with van der Waals surface area (Å²) in [5.41, 5.74) is 6.01. The Morgan fingerprint density at radius 3 is 2.65 bits per heavy atom. The van der Waals surface area contributed by atoms with Crippen LogP contribution >= 0.6 is 0 Å². The highest BCUT2D eigenvalue weighted by molar-refractivity contribution is 5.93. The van der Waals surface area contributed by atoms with Gasteiger partial charge in [-0.1, -0.05) is 25.3 Å². The Labute approximate surface area is 181 Å². The van der Waals surface area contributed by atoms with Crippen LogP contribution in [0.15, 0.2) is 36.9 Å². The fraction of sp³-hybridized carbons (Fsp3) is 0.458. The lowest BCUT2D eigenvalue weighted by Crippen LogP contribution is -2.36. The second-order valence-corrected chi connectivity index (χ2v) is 8.99. The first-order valence-corrected chi connectivity index (χ1v) is 11.5. The Hall–Kier alpha value is -2.93. The number of hydrogen-bond acceptors (Lipinski definition) is 5. The number of benzene rings is 1. The summed E-state index contributed by atoms with van der Waals surface area (Å²) >= 11 is 0. The second kappa shape index (κ2) is 7.64. The number of nitrogens with zero attached hydrogens (tertiary/aromatic N) is 5. The van der Waals surface area contributed by atoms with Crippen molar-refractivity contribution in [3.63, 3.8) is 0 Å². The van der Waals surface area contributed by atoms with Gasteiger partial charge in [0.15, 0.2) is 0 Å². The molecule has 2 fully saturated rings. The summed E-state index contributed by atoms with van der Waals surface area (Å²) in [5.74, 6) is 0.937. The molecule has 1 aromatic carbocycles. The number of rotatable bonds is 3. The van der Waals surface area contributed by atoms with Crippen molar-refractivity contribution in [2.75, 3.05) is 18.0 Å². The maximum Gasteiger partial charge on any atom is 0.131 e. The highest BCUT2D eigenvalue weighted by Gasteiger charge is 2.21. The van der Waals surface area contributed by atoms with Crippen LogP contribution in [0.2, 0.25) is 0 Å².